The largest absolute Gasteiger partial charge is 0.469 e. The molecule has 7 nitrogen and oxygen atoms in total. The molecule has 0 spiro atoms. The average molecular weight is 431 g/mol. The van der Waals surface area contributed by atoms with Crippen molar-refractivity contribution in [1.82, 2.24) is 9.97 Å². The van der Waals surface area contributed by atoms with Crippen molar-refractivity contribution in [3.05, 3.63) is 45.3 Å². The summed E-state index contributed by atoms with van der Waals surface area (Å²) in [5.41, 5.74) is 2.21. The van der Waals surface area contributed by atoms with Crippen LogP contribution < -0.4 is 10.6 Å². The number of hydrogen-bond donors (Lipinski definition) is 2. The van der Waals surface area contributed by atoms with Crippen LogP contribution in [-0.2, 0) is 24.1 Å². The highest BCUT2D eigenvalue weighted by Crippen LogP contribution is 2.33. The number of amides is 2. The molecule has 0 saturated heterocycles. The molecule has 0 fully saturated rings. The van der Waals surface area contributed by atoms with Gasteiger partial charge in [-0.1, -0.05) is 13.3 Å². The minimum absolute atomic E-state index is 0.138. The lowest BCUT2D eigenvalue weighted by Gasteiger charge is -2.18. The summed E-state index contributed by atoms with van der Waals surface area (Å²) in [4.78, 5) is 34.8. The van der Waals surface area contributed by atoms with Crippen LogP contribution in [0.1, 0.15) is 52.1 Å². The van der Waals surface area contributed by atoms with Gasteiger partial charge in [0.15, 0.2) is 10.3 Å². The van der Waals surface area contributed by atoms with E-state index in [0.29, 0.717) is 27.3 Å². The summed E-state index contributed by atoms with van der Waals surface area (Å²) in [5, 5.41) is 8.52. The van der Waals surface area contributed by atoms with Crippen molar-refractivity contribution in [2.75, 3.05) is 10.6 Å². The molecule has 0 bridgehead atoms. The summed E-state index contributed by atoms with van der Waals surface area (Å²) in [6.45, 7) is 3.95. The number of carbonyl (C=O) groups excluding carboxylic acids is 2. The van der Waals surface area contributed by atoms with Crippen molar-refractivity contribution in [3.63, 3.8) is 0 Å². The van der Waals surface area contributed by atoms with Crippen LogP contribution in [0.25, 0.3) is 0 Å². The number of carbonyl (C=O) groups is 2. The molecule has 1 atom stereocenters. The van der Waals surface area contributed by atoms with Crippen LogP contribution >= 0.6 is 22.7 Å². The van der Waals surface area contributed by atoms with Crippen molar-refractivity contribution in [2.24, 2.45) is 5.92 Å². The number of anilines is 2. The Morgan fingerprint density at radius 3 is 2.90 bits per heavy atom. The Bertz CT molecular complexity index is 1040. The van der Waals surface area contributed by atoms with E-state index in [1.165, 1.54) is 35.3 Å². The first-order valence-corrected chi connectivity index (χ1v) is 11.3. The van der Waals surface area contributed by atoms with Gasteiger partial charge in [0, 0.05) is 10.3 Å². The minimum atomic E-state index is -0.277. The van der Waals surface area contributed by atoms with Gasteiger partial charge in [-0.3, -0.25) is 14.9 Å². The van der Waals surface area contributed by atoms with Gasteiger partial charge in [0.1, 0.15) is 5.76 Å². The van der Waals surface area contributed by atoms with Crippen LogP contribution in [0.5, 0.6) is 0 Å². The maximum atomic E-state index is 12.4. The van der Waals surface area contributed by atoms with Gasteiger partial charge in [-0.25, -0.2) is 9.97 Å². The SMILES string of the molecule is CCC1CCc2nc(NC(=O)Cc3csc(NC(=O)c4ccoc4C)n3)sc2C1. The highest BCUT2D eigenvalue weighted by molar-refractivity contribution is 7.16. The molecular weight excluding hydrogens is 408 g/mol. The quantitative estimate of drug-likeness (QED) is 0.602. The molecule has 1 unspecified atom stereocenters. The van der Waals surface area contributed by atoms with Crippen LogP contribution in [0.2, 0.25) is 0 Å². The minimum Gasteiger partial charge on any atom is -0.469 e. The molecule has 3 aromatic rings. The standard InChI is InChI=1S/C20H22N4O3S2/c1-3-12-4-5-15-16(8-12)29-20(22-15)23-17(25)9-13-10-28-19(21-13)24-18(26)14-6-7-27-11(14)2/h6-7,10,12H,3-5,8-9H2,1-2H3,(H,21,24,26)(H,22,23,25). The van der Waals surface area contributed by atoms with Gasteiger partial charge < -0.3 is 9.73 Å². The van der Waals surface area contributed by atoms with E-state index in [2.05, 4.69) is 27.5 Å². The normalized spacial score (nSPS) is 15.7. The molecule has 0 radical (unpaired) electrons. The number of furan rings is 1. The lowest BCUT2D eigenvalue weighted by molar-refractivity contribution is -0.115. The molecule has 0 aliphatic heterocycles. The number of aromatic nitrogens is 2. The highest BCUT2D eigenvalue weighted by atomic mass is 32.1. The van der Waals surface area contributed by atoms with Gasteiger partial charge >= 0.3 is 0 Å². The fraction of sp³-hybridized carbons (Fsp3) is 0.400. The fourth-order valence-corrected chi connectivity index (χ4v) is 5.25. The predicted molar refractivity (Wildman–Crippen MR) is 114 cm³/mol. The third-order valence-electron chi connectivity index (χ3n) is 5.08. The Morgan fingerprint density at radius 2 is 2.14 bits per heavy atom. The zero-order valence-corrected chi connectivity index (χ0v) is 17.9. The van der Waals surface area contributed by atoms with E-state index in [1.54, 1.807) is 29.7 Å². The maximum Gasteiger partial charge on any atom is 0.260 e. The number of thiazole rings is 2. The van der Waals surface area contributed by atoms with Crippen LogP contribution in [0, 0.1) is 12.8 Å². The van der Waals surface area contributed by atoms with E-state index in [4.69, 9.17) is 4.42 Å². The van der Waals surface area contributed by atoms with E-state index in [-0.39, 0.29) is 18.2 Å². The van der Waals surface area contributed by atoms with Gasteiger partial charge in [0.05, 0.1) is 29.6 Å². The second-order valence-electron chi connectivity index (χ2n) is 7.12. The average Bonchev–Trinajstić information content (AvgIpc) is 3.40. The van der Waals surface area contributed by atoms with Crippen molar-refractivity contribution >= 4 is 44.8 Å². The number of nitrogens with zero attached hydrogens (tertiary/aromatic N) is 2. The van der Waals surface area contributed by atoms with Gasteiger partial charge in [-0.15, -0.1) is 22.7 Å². The van der Waals surface area contributed by atoms with Crippen molar-refractivity contribution in [1.29, 1.82) is 0 Å². The number of hydrogen-bond acceptors (Lipinski definition) is 7. The molecule has 9 heteroatoms. The summed E-state index contributed by atoms with van der Waals surface area (Å²) < 4.78 is 5.14. The van der Waals surface area contributed by atoms with E-state index >= 15 is 0 Å². The molecule has 29 heavy (non-hydrogen) atoms. The Hall–Kier alpha value is -2.52. The zero-order chi connectivity index (χ0) is 20.4. The van der Waals surface area contributed by atoms with Crippen molar-refractivity contribution < 1.29 is 14.0 Å². The summed E-state index contributed by atoms with van der Waals surface area (Å²) in [6.07, 6.45) is 6.02. The van der Waals surface area contributed by atoms with E-state index in [9.17, 15) is 9.59 Å². The smallest absolute Gasteiger partial charge is 0.260 e. The van der Waals surface area contributed by atoms with Crippen LogP contribution in [0.3, 0.4) is 0 Å². The zero-order valence-electron chi connectivity index (χ0n) is 16.3. The number of fused-ring (bicyclic) bond motifs is 1. The first-order chi connectivity index (χ1) is 14.0. The van der Waals surface area contributed by atoms with Gasteiger partial charge in [-0.2, -0.15) is 0 Å². The maximum absolute atomic E-state index is 12.4. The third kappa shape index (κ3) is 4.56. The molecule has 3 aromatic heterocycles. The topological polar surface area (TPSA) is 97.1 Å². The summed E-state index contributed by atoms with van der Waals surface area (Å²) in [5.74, 6) is 0.841. The van der Waals surface area contributed by atoms with E-state index in [0.717, 1.165) is 24.5 Å². The molecule has 1 aliphatic rings. The van der Waals surface area contributed by atoms with Gasteiger partial charge in [-0.05, 0) is 38.2 Å². The molecule has 4 rings (SSSR count). The Balaban J connectivity index is 1.33. The molecule has 152 valence electrons. The number of nitrogens with one attached hydrogen (secondary N) is 2. The Labute approximate surface area is 176 Å². The van der Waals surface area contributed by atoms with Crippen molar-refractivity contribution in [3.8, 4) is 0 Å². The number of aryl methyl sites for hydroxylation is 2. The lowest BCUT2D eigenvalue weighted by atomic mass is 9.89. The Morgan fingerprint density at radius 1 is 1.28 bits per heavy atom. The molecular formula is C20H22N4O3S2. The van der Waals surface area contributed by atoms with Gasteiger partial charge in [0.25, 0.3) is 5.91 Å². The summed E-state index contributed by atoms with van der Waals surface area (Å²) in [6, 6.07) is 1.61. The molecule has 1 aliphatic carbocycles. The highest BCUT2D eigenvalue weighted by Gasteiger charge is 2.22. The van der Waals surface area contributed by atoms with Crippen LogP contribution in [-0.4, -0.2) is 21.8 Å². The van der Waals surface area contributed by atoms with E-state index < -0.39 is 0 Å². The summed E-state index contributed by atoms with van der Waals surface area (Å²) in [7, 11) is 0. The van der Waals surface area contributed by atoms with Gasteiger partial charge in [0.2, 0.25) is 5.91 Å². The molecule has 2 amide bonds. The van der Waals surface area contributed by atoms with Crippen molar-refractivity contribution in [2.45, 2.75) is 46.0 Å². The van der Waals surface area contributed by atoms with Crippen LogP contribution in [0.4, 0.5) is 10.3 Å². The molecule has 0 saturated carbocycles. The molecule has 2 N–H and O–H groups in total. The third-order valence-corrected chi connectivity index (χ3v) is 6.92. The monoisotopic (exact) mass is 430 g/mol. The second kappa shape index (κ2) is 8.46. The first-order valence-electron chi connectivity index (χ1n) is 9.60. The Kier molecular flexibility index (Phi) is 5.77. The number of rotatable bonds is 6. The molecule has 0 aromatic carbocycles. The lowest BCUT2D eigenvalue weighted by Crippen LogP contribution is -2.15. The predicted octanol–water partition coefficient (Wildman–Crippen LogP) is 4.45. The second-order valence-corrected chi connectivity index (χ2v) is 9.06. The fourth-order valence-electron chi connectivity index (χ4n) is 3.40. The van der Waals surface area contributed by atoms with Crippen LogP contribution in [0.15, 0.2) is 22.1 Å². The summed E-state index contributed by atoms with van der Waals surface area (Å²) >= 11 is 2.87. The molecule has 3 heterocycles. The first kappa shape index (κ1) is 19.8. The van der Waals surface area contributed by atoms with E-state index in [1.807, 2.05) is 0 Å².